The molecular weight excluding hydrogens is 170 g/mol. The summed E-state index contributed by atoms with van der Waals surface area (Å²) in [4.78, 5) is 22.7. The molecule has 1 atom stereocenters. The smallest absolute Gasteiger partial charge is 0.246 e. The number of amides is 1. The number of hydrogen-bond acceptors (Lipinski definition) is 3. The summed E-state index contributed by atoms with van der Waals surface area (Å²) in [5.74, 6) is -0.193. The lowest BCUT2D eigenvalue weighted by atomic mass is 10.3. The van der Waals surface area contributed by atoms with E-state index >= 15 is 0 Å². The van der Waals surface area contributed by atoms with Crippen molar-refractivity contribution in [2.24, 2.45) is 0 Å². The Balaban J connectivity index is 2.65. The Hall–Kier alpha value is -0.610. The largest absolute Gasteiger partial charge is 0.358 e. The third-order valence-electron chi connectivity index (χ3n) is 1.55. The van der Waals surface area contributed by atoms with Crippen molar-refractivity contribution in [3.05, 3.63) is 0 Å². The fourth-order valence-corrected chi connectivity index (χ4v) is 1.12. The molecule has 0 aromatic heterocycles. The highest BCUT2D eigenvalue weighted by Gasteiger charge is 2.31. The molecule has 62 valence electrons. The van der Waals surface area contributed by atoms with Gasteiger partial charge in [-0.3, -0.25) is 9.59 Å². The Labute approximate surface area is 69.1 Å². The molecule has 0 spiro atoms. The SMILES string of the molecule is CC(=O)N1COC[C@H]1C(=O)Cl. The van der Waals surface area contributed by atoms with Crippen LogP contribution in [0.4, 0.5) is 0 Å². The van der Waals surface area contributed by atoms with Crippen molar-refractivity contribution in [2.75, 3.05) is 13.3 Å². The van der Waals surface area contributed by atoms with Gasteiger partial charge in [0.05, 0.1) is 6.61 Å². The molecule has 5 heteroatoms. The number of nitrogens with zero attached hydrogens (tertiary/aromatic N) is 1. The fraction of sp³-hybridized carbons (Fsp3) is 0.667. The van der Waals surface area contributed by atoms with Crippen molar-refractivity contribution in [1.29, 1.82) is 0 Å². The van der Waals surface area contributed by atoms with E-state index in [9.17, 15) is 9.59 Å². The Morgan fingerprint density at radius 3 is 2.64 bits per heavy atom. The second-order valence-electron chi connectivity index (χ2n) is 2.31. The van der Waals surface area contributed by atoms with E-state index < -0.39 is 11.3 Å². The molecule has 1 aliphatic rings. The van der Waals surface area contributed by atoms with E-state index in [1.165, 1.54) is 11.8 Å². The lowest BCUT2D eigenvalue weighted by molar-refractivity contribution is -0.133. The zero-order valence-corrected chi connectivity index (χ0v) is 6.80. The van der Waals surface area contributed by atoms with Crippen molar-refractivity contribution in [3.8, 4) is 0 Å². The van der Waals surface area contributed by atoms with Gasteiger partial charge < -0.3 is 9.64 Å². The monoisotopic (exact) mass is 177 g/mol. The van der Waals surface area contributed by atoms with E-state index in [4.69, 9.17) is 16.3 Å². The van der Waals surface area contributed by atoms with Crippen LogP contribution < -0.4 is 0 Å². The molecule has 0 aromatic rings. The van der Waals surface area contributed by atoms with E-state index in [-0.39, 0.29) is 19.2 Å². The predicted molar refractivity (Wildman–Crippen MR) is 38.0 cm³/mol. The molecule has 0 bridgehead atoms. The van der Waals surface area contributed by atoms with Gasteiger partial charge in [-0.25, -0.2) is 0 Å². The molecule has 0 N–H and O–H groups in total. The van der Waals surface area contributed by atoms with Crippen LogP contribution in [-0.4, -0.2) is 35.4 Å². The van der Waals surface area contributed by atoms with Gasteiger partial charge in [-0.1, -0.05) is 0 Å². The maximum absolute atomic E-state index is 10.8. The van der Waals surface area contributed by atoms with E-state index in [0.29, 0.717) is 0 Å². The number of hydrogen-bond donors (Lipinski definition) is 0. The van der Waals surface area contributed by atoms with Crippen molar-refractivity contribution in [1.82, 2.24) is 4.90 Å². The summed E-state index contributed by atoms with van der Waals surface area (Å²) in [6, 6.07) is -0.589. The Bertz CT molecular complexity index is 174. The average molecular weight is 178 g/mol. The zero-order chi connectivity index (χ0) is 8.43. The first kappa shape index (κ1) is 8.49. The van der Waals surface area contributed by atoms with Crippen molar-refractivity contribution >= 4 is 22.8 Å². The topological polar surface area (TPSA) is 46.6 Å². The van der Waals surface area contributed by atoms with Crippen LogP contribution in [-0.2, 0) is 14.3 Å². The number of carbonyl (C=O) groups excluding carboxylic acids is 2. The lowest BCUT2D eigenvalue weighted by Crippen LogP contribution is -2.38. The molecule has 0 aromatic carbocycles. The first-order valence-electron chi connectivity index (χ1n) is 3.17. The van der Waals surface area contributed by atoms with Crippen molar-refractivity contribution in [2.45, 2.75) is 13.0 Å². The molecule has 1 aliphatic heterocycles. The van der Waals surface area contributed by atoms with Gasteiger partial charge >= 0.3 is 0 Å². The number of halogens is 1. The molecule has 0 radical (unpaired) electrons. The predicted octanol–water partition coefficient (Wildman–Crippen LogP) is -0.0434. The summed E-state index contributed by atoms with van der Waals surface area (Å²) >= 11 is 5.21. The Morgan fingerprint density at radius 1 is 1.64 bits per heavy atom. The van der Waals surface area contributed by atoms with Crippen molar-refractivity contribution in [3.63, 3.8) is 0 Å². The van der Waals surface area contributed by atoms with E-state index in [2.05, 4.69) is 0 Å². The highest BCUT2D eigenvalue weighted by Crippen LogP contribution is 2.11. The normalized spacial score (nSPS) is 23.8. The molecule has 0 unspecified atom stereocenters. The third-order valence-corrected chi connectivity index (χ3v) is 1.80. The Kier molecular flexibility index (Phi) is 2.46. The summed E-state index contributed by atoms with van der Waals surface area (Å²) < 4.78 is 4.89. The molecule has 1 saturated heterocycles. The standard InChI is InChI=1S/C6H8ClNO3/c1-4(9)8-3-11-2-5(8)6(7)10/h5H,2-3H2,1H3/t5-/m0/s1. The molecule has 1 fully saturated rings. The van der Waals surface area contributed by atoms with Crippen LogP contribution in [0.3, 0.4) is 0 Å². The summed E-state index contributed by atoms with van der Waals surface area (Å²) in [6.07, 6.45) is 0. The fourth-order valence-electron chi connectivity index (χ4n) is 0.941. The molecular formula is C6H8ClNO3. The molecule has 4 nitrogen and oxygen atoms in total. The number of ether oxygens (including phenoxy) is 1. The number of carbonyl (C=O) groups is 2. The highest BCUT2D eigenvalue weighted by molar-refractivity contribution is 6.64. The van der Waals surface area contributed by atoms with Crippen LogP contribution in [0.5, 0.6) is 0 Å². The van der Waals surface area contributed by atoms with E-state index in [1.807, 2.05) is 0 Å². The molecule has 1 amide bonds. The molecule has 0 saturated carbocycles. The van der Waals surface area contributed by atoms with Gasteiger partial charge in [0.1, 0.15) is 12.8 Å². The minimum atomic E-state index is -0.589. The van der Waals surface area contributed by atoms with Crippen LogP contribution in [0.2, 0.25) is 0 Å². The average Bonchev–Trinajstić information content (AvgIpc) is 2.32. The minimum Gasteiger partial charge on any atom is -0.358 e. The van der Waals surface area contributed by atoms with Crippen molar-refractivity contribution < 1.29 is 14.3 Å². The van der Waals surface area contributed by atoms with Gasteiger partial charge in [-0.15, -0.1) is 0 Å². The quantitative estimate of drug-likeness (QED) is 0.528. The molecule has 0 aliphatic carbocycles. The number of rotatable bonds is 1. The van der Waals surface area contributed by atoms with Crippen LogP contribution in [0.25, 0.3) is 0 Å². The van der Waals surface area contributed by atoms with Gasteiger partial charge in [0, 0.05) is 6.92 Å². The van der Waals surface area contributed by atoms with Gasteiger partial charge in [0.15, 0.2) is 0 Å². The maximum atomic E-state index is 10.8. The molecule has 11 heavy (non-hydrogen) atoms. The first-order valence-corrected chi connectivity index (χ1v) is 3.55. The minimum absolute atomic E-state index is 0.165. The second kappa shape index (κ2) is 3.19. The summed E-state index contributed by atoms with van der Waals surface area (Å²) in [7, 11) is 0. The van der Waals surface area contributed by atoms with Gasteiger partial charge in [-0.05, 0) is 11.6 Å². The third kappa shape index (κ3) is 1.70. The maximum Gasteiger partial charge on any atom is 0.246 e. The molecule has 1 heterocycles. The Morgan fingerprint density at radius 2 is 2.27 bits per heavy atom. The first-order chi connectivity index (χ1) is 5.13. The van der Waals surface area contributed by atoms with Crippen LogP contribution in [0.1, 0.15) is 6.92 Å². The van der Waals surface area contributed by atoms with Crippen LogP contribution in [0.15, 0.2) is 0 Å². The van der Waals surface area contributed by atoms with Gasteiger partial charge in [-0.2, -0.15) is 0 Å². The zero-order valence-electron chi connectivity index (χ0n) is 6.04. The summed E-state index contributed by atoms with van der Waals surface area (Å²) in [5.41, 5.74) is 0. The van der Waals surface area contributed by atoms with Gasteiger partial charge in [0.25, 0.3) is 0 Å². The summed E-state index contributed by atoms with van der Waals surface area (Å²) in [6.45, 7) is 1.75. The lowest BCUT2D eigenvalue weighted by Gasteiger charge is -2.16. The van der Waals surface area contributed by atoms with E-state index in [1.54, 1.807) is 0 Å². The van der Waals surface area contributed by atoms with Crippen LogP contribution in [0, 0.1) is 0 Å². The molecule has 1 rings (SSSR count). The highest BCUT2D eigenvalue weighted by atomic mass is 35.5. The van der Waals surface area contributed by atoms with Crippen LogP contribution >= 0.6 is 11.6 Å². The van der Waals surface area contributed by atoms with E-state index in [0.717, 1.165) is 0 Å². The second-order valence-corrected chi connectivity index (χ2v) is 2.68. The summed E-state index contributed by atoms with van der Waals surface area (Å²) in [5, 5.41) is -0.544. The van der Waals surface area contributed by atoms with Gasteiger partial charge in [0.2, 0.25) is 11.1 Å².